The van der Waals surface area contributed by atoms with Crippen LogP contribution in [0.15, 0.2) is 16.6 Å². The maximum Gasteiger partial charge on any atom is 0.134 e. The van der Waals surface area contributed by atoms with Gasteiger partial charge < -0.3 is 5.11 Å². The van der Waals surface area contributed by atoms with E-state index >= 15 is 0 Å². The fourth-order valence-corrected chi connectivity index (χ4v) is 1.80. The Kier molecular flexibility index (Phi) is 3.05. The van der Waals surface area contributed by atoms with Crippen LogP contribution in [0.25, 0.3) is 0 Å². The number of aromatic hydroxyl groups is 1. The Morgan fingerprint density at radius 2 is 2.09 bits per heavy atom. The van der Waals surface area contributed by atoms with Crippen LogP contribution in [0.1, 0.15) is 5.56 Å². The Labute approximate surface area is 83.1 Å². The minimum Gasteiger partial charge on any atom is -0.506 e. The zero-order chi connectivity index (χ0) is 8.43. The van der Waals surface area contributed by atoms with Crippen LogP contribution in [0.3, 0.4) is 0 Å². The summed E-state index contributed by atoms with van der Waals surface area (Å²) in [6.45, 7) is 0. The molecule has 0 bridgehead atoms. The second-order valence-corrected chi connectivity index (χ2v) is 3.59. The van der Waals surface area contributed by atoms with Crippen LogP contribution in [0.2, 0.25) is 5.02 Å². The summed E-state index contributed by atoms with van der Waals surface area (Å²) in [6, 6.07) is 3.25. The van der Waals surface area contributed by atoms with E-state index in [-0.39, 0.29) is 11.6 Å². The summed E-state index contributed by atoms with van der Waals surface area (Å²) in [5, 5.41) is 9.89. The Bertz CT molecular complexity index is 275. The van der Waals surface area contributed by atoms with Crippen LogP contribution >= 0.6 is 39.1 Å². The van der Waals surface area contributed by atoms with Crippen molar-refractivity contribution in [3.63, 3.8) is 0 Å². The van der Waals surface area contributed by atoms with Crippen LogP contribution in [-0.4, -0.2) is 5.11 Å². The molecule has 0 aliphatic carbocycles. The zero-order valence-corrected chi connectivity index (χ0v) is 8.54. The first-order valence-electron chi connectivity index (χ1n) is 2.88. The predicted octanol–water partition coefficient (Wildman–Crippen LogP) is 3.55. The molecule has 0 unspecified atom stereocenters. The van der Waals surface area contributed by atoms with Crippen LogP contribution in [0.5, 0.6) is 5.75 Å². The number of hydrogen-bond acceptors (Lipinski definition) is 1. The normalized spacial score (nSPS) is 10.1. The van der Waals surface area contributed by atoms with Crippen LogP contribution in [0, 0.1) is 0 Å². The molecule has 60 valence electrons. The van der Waals surface area contributed by atoms with E-state index in [1.807, 2.05) is 0 Å². The van der Waals surface area contributed by atoms with E-state index in [9.17, 15) is 5.11 Å². The predicted molar refractivity (Wildman–Crippen MR) is 50.4 cm³/mol. The van der Waals surface area contributed by atoms with Crippen molar-refractivity contribution < 1.29 is 5.11 Å². The summed E-state index contributed by atoms with van der Waals surface area (Å²) in [5.41, 5.74) is 0.631. The molecule has 0 aliphatic rings. The first-order valence-corrected chi connectivity index (χ1v) is 4.58. The molecule has 1 nitrogen and oxygen atoms in total. The topological polar surface area (TPSA) is 20.2 Å². The highest BCUT2D eigenvalue weighted by Crippen LogP contribution is 2.32. The maximum absolute atomic E-state index is 9.33. The number of phenols is 1. The van der Waals surface area contributed by atoms with Gasteiger partial charge in [0.2, 0.25) is 0 Å². The molecule has 1 N–H and O–H groups in total. The summed E-state index contributed by atoms with van der Waals surface area (Å²) in [7, 11) is 0. The van der Waals surface area contributed by atoms with Gasteiger partial charge in [0, 0.05) is 10.6 Å². The molecule has 0 heterocycles. The monoisotopic (exact) mass is 254 g/mol. The van der Waals surface area contributed by atoms with Gasteiger partial charge in [-0.05, 0) is 28.1 Å². The van der Waals surface area contributed by atoms with Crippen molar-refractivity contribution in [2.45, 2.75) is 5.88 Å². The van der Waals surface area contributed by atoms with Crippen molar-refractivity contribution >= 4 is 39.1 Å². The molecule has 1 aromatic carbocycles. The maximum atomic E-state index is 9.33. The first-order chi connectivity index (χ1) is 5.15. The molecule has 0 saturated heterocycles. The van der Waals surface area contributed by atoms with Crippen molar-refractivity contribution in [1.29, 1.82) is 0 Å². The lowest BCUT2D eigenvalue weighted by Crippen LogP contribution is -1.80. The van der Waals surface area contributed by atoms with Gasteiger partial charge in [-0.2, -0.15) is 0 Å². The average molecular weight is 256 g/mol. The van der Waals surface area contributed by atoms with E-state index in [2.05, 4.69) is 15.9 Å². The highest BCUT2D eigenvalue weighted by atomic mass is 79.9. The van der Waals surface area contributed by atoms with Crippen molar-refractivity contribution in [1.82, 2.24) is 0 Å². The summed E-state index contributed by atoms with van der Waals surface area (Å²) in [6.07, 6.45) is 0. The summed E-state index contributed by atoms with van der Waals surface area (Å²) < 4.78 is 0.570. The van der Waals surface area contributed by atoms with Crippen molar-refractivity contribution in [2.24, 2.45) is 0 Å². The van der Waals surface area contributed by atoms with Crippen LogP contribution < -0.4 is 0 Å². The van der Waals surface area contributed by atoms with Gasteiger partial charge in [-0.15, -0.1) is 11.6 Å². The third-order valence-corrected chi connectivity index (χ3v) is 2.36. The van der Waals surface area contributed by atoms with Crippen LogP contribution in [-0.2, 0) is 5.88 Å². The van der Waals surface area contributed by atoms with E-state index in [4.69, 9.17) is 23.2 Å². The molecule has 0 aliphatic heterocycles. The zero-order valence-electron chi connectivity index (χ0n) is 5.44. The smallest absolute Gasteiger partial charge is 0.134 e. The van der Waals surface area contributed by atoms with Crippen LogP contribution in [0.4, 0.5) is 0 Å². The number of phenolic OH excluding ortho intramolecular Hbond substituents is 1. The molecule has 0 atom stereocenters. The highest BCUT2D eigenvalue weighted by molar-refractivity contribution is 9.10. The standard InChI is InChI=1S/C7H5BrCl2O/c8-6-2-5(10)1-4(3-9)7(6)11/h1-2,11H,3H2. The van der Waals surface area contributed by atoms with Gasteiger partial charge in [-0.3, -0.25) is 0 Å². The Morgan fingerprint density at radius 3 is 2.64 bits per heavy atom. The molecule has 1 aromatic rings. The SMILES string of the molecule is Oc1c(Br)cc(Cl)cc1CCl. The van der Waals surface area contributed by atoms with Gasteiger partial charge in [-0.1, -0.05) is 11.6 Å². The number of alkyl halides is 1. The summed E-state index contributed by atoms with van der Waals surface area (Å²) in [4.78, 5) is 0. The van der Waals surface area contributed by atoms with Crippen molar-refractivity contribution in [3.8, 4) is 5.75 Å². The molecule has 0 aromatic heterocycles. The molecule has 0 saturated carbocycles. The highest BCUT2D eigenvalue weighted by Gasteiger charge is 2.05. The minimum absolute atomic E-state index is 0.157. The van der Waals surface area contributed by atoms with Gasteiger partial charge in [0.05, 0.1) is 10.4 Å². The number of benzene rings is 1. The van der Waals surface area contributed by atoms with Crippen molar-refractivity contribution in [2.75, 3.05) is 0 Å². The molecule has 4 heteroatoms. The lowest BCUT2D eigenvalue weighted by molar-refractivity contribution is 0.467. The Hall–Kier alpha value is 0.0800. The number of rotatable bonds is 1. The largest absolute Gasteiger partial charge is 0.506 e. The third kappa shape index (κ3) is 2.01. The number of hydrogen-bond donors (Lipinski definition) is 1. The minimum atomic E-state index is 0.157. The first kappa shape index (κ1) is 9.17. The van der Waals surface area contributed by atoms with Gasteiger partial charge >= 0.3 is 0 Å². The van der Waals surface area contributed by atoms with Gasteiger partial charge in [-0.25, -0.2) is 0 Å². The summed E-state index contributed by atoms with van der Waals surface area (Å²) in [5.74, 6) is 0.412. The lowest BCUT2D eigenvalue weighted by atomic mass is 10.2. The third-order valence-electron chi connectivity index (χ3n) is 1.25. The molecular weight excluding hydrogens is 251 g/mol. The van der Waals surface area contributed by atoms with E-state index in [1.165, 1.54) is 0 Å². The fourth-order valence-electron chi connectivity index (χ4n) is 0.721. The quantitative estimate of drug-likeness (QED) is 0.761. The van der Waals surface area contributed by atoms with E-state index in [1.54, 1.807) is 12.1 Å². The van der Waals surface area contributed by atoms with Gasteiger partial charge in [0.25, 0.3) is 0 Å². The molecule has 0 fully saturated rings. The summed E-state index contributed by atoms with van der Waals surface area (Å²) >= 11 is 14.4. The second kappa shape index (κ2) is 3.65. The fraction of sp³-hybridized carbons (Fsp3) is 0.143. The molecule has 0 radical (unpaired) electrons. The molecule has 0 spiro atoms. The van der Waals surface area contributed by atoms with Gasteiger partial charge in [0.1, 0.15) is 5.75 Å². The molecule has 1 rings (SSSR count). The Balaban J connectivity index is 3.24. The lowest BCUT2D eigenvalue weighted by Gasteiger charge is -2.02. The van der Waals surface area contributed by atoms with Crippen molar-refractivity contribution in [3.05, 3.63) is 27.2 Å². The van der Waals surface area contributed by atoms with E-state index in [0.29, 0.717) is 15.1 Å². The average Bonchev–Trinajstić information content (AvgIpc) is 1.96. The second-order valence-electron chi connectivity index (χ2n) is 2.03. The van der Waals surface area contributed by atoms with E-state index in [0.717, 1.165) is 0 Å². The van der Waals surface area contributed by atoms with Gasteiger partial charge in [0.15, 0.2) is 0 Å². The Morgan fingerprint density at radius 1 is 1.45 bits per heavy atom. The molecule has 11 heavy (non-hydrogen) atoms. The molecular formula is C7H5BrCl2O. The number of halogens is 3. The van der Waals surface area contributed by atoms with E-state index < -0.39 is 0 Å². The molecule has 0 amide bonds.